The Morgan fingerprint density at radius 3 is 2.32 bits per heavy atom. The molecule has 2 nitrogen and oxygen atoms in total. The van der Waals surface area contributed by atoms with E-state index < -0.39 is 0 Å². The van der Waals surface area contributed by atoms with E-state index in [-0.39, 0.29) is 0 Å². The fourth-order valence-electron chi connectivity index (χ4n) is 5.02. The fraction of sp³-hybridized carbons (Fsp3) is 1.00. The van der Waals surface area contributed by atoms with Crippen LogP contribution in [0.4, 0.5) is 0 Å². The van der Waals surface area contributed by atoms with Crippen LogP contribution in [0.3, 0.4) is 0 Å². The minimum atomic E-state index is 0.805. The maximum absolute atomic E-state index is 3.71. The lowest BCUT2D eigenvalue weighted by Gasteiger charge is -2.50. The molecule has 3 fully saturated rings. The Hall–Kier alpha value is -0.0800. The first-order valence-electron chi connectivity index (χ1n) is 8.75. The second-order valence-corrected chi connectivity index (χ2v) is 7.45. The zero-order valence-electron chi connectivity index (χ0n) is 12.9. The number of rotatable bonds is 4. The van der Waals surface area contributed by atoms with Crippen molar-refractivity contribution in [2.45, 2.75) is 83.3 Å². The van der Waals surface area contributed by atoms with Gasteiger partial charge in [-0.3, -0.25) is 4.90 Å². The molecular weight excluding hydrogens is 232 g/mol. The number of nitrogens with one attached hydrogen (secondary N) is 1. The Balaban J connectivity index is 1.59. The minimum Gasteiger partial charge on any atom is -0.314 e. The highest BCUT2D eigenvalue weighted by atomic mass is 15.2. The first kappa shape index (κ1) is 13.9. The molecule has 0 aromatic rings. The molecule has 2 aliphatic heterocycles. The molecular formula is C17H32N2. The van der Waals surface area contributed by atoms with E-state index in [1.165, 1.54) is 57.9 Å². The van der Waals surface area contributed by atoms with Gasteiger partial charge in [0.05, 0.1) is 0 Å². The van der Waals surface area contributed by atoms with Gasteiger partial charge < -0.3 is 5.32 Å². The summed E-state index contributed by atoms with van der Waals surface area (Å²) in [6.45, 7) is 7.25. The van der Waals surface area contributed by atoms with Crippen LogP contribution in [-0.4, -0.2) is 36.1 Å². The number of fused-ring (bicyclic) bond motifs is 2. The molecule has 0 aromatic carbocycles. The number of nitrogens with zero attached hydrogens (tertiary/aromatic N) is 1. The van der Waals surface area contributed by atoms with E-state index in [0.29, 0.717) is 0 Å². The van der Waals surface area contributed by atoms with Crippen molar-refractivity contribution in [2.24, 2.45) is 11.8 Å². The van der Waals surface area contributed by atoms with Crippen molar-refractivity contribution in [1.29, 1.82) is 0 Å². The van der Waals surface area contributed by atoms with Crippen LogP contribution < -0.4 is 5.32 Å². The lowest BCUT2D eigenvalue weighted by atomic mass is 9.81. The van der Waals surface area contributed by atoms with Gasteiger partial charge in [-0.15, -0.1) is 0 Å². The molecule has 4 atom stereocenters. The van der Waals surface area contributed by atoms with E-state index in [0.717, 1.165) is 36.5 Å². The summed E-state index contributed by atoms with van der Waals surface area (Å²) in [7, 11) is 0. The van der Waals surface area contributed by atoms with Crippen molar-refractivity contribution in [1.82, 2.24) is 10.2 Å². The van der Waals surface area contributed by atoms with Gasteiger partial charge in [-0.05, 0) is 56.9 Å². The smallest absolute Gasteiger partial charge is 0.0113 e. The first-order chi connectivity index (χ1) is 9.26. The zero-order valence-corrected chi connectivity index (χ0v) is 12.9. The topological polar surface area (TPSA) is 15.3 Å². The van der Waals surface area contributed by atoms with Crippen LogP contribution in [-0.2, 0) is 0 Å². The lowest BCUT2D eigenvalue weighted by Crippen LogP contribution is -2.57. The molecule has 110 valence electrons. The Bertz CT molecular complexity index is 277. The summed E-state index contributed by atoms with van der Waals surface area (Å²) >= 11 is 0. The van der Waals surface area contributed by atoms with Gasteiger partial charge in [0.2, 0.25) is 0 Å². The van der Waals surface area contributed by atoms with Crippen molar-refractivity contribution in [3.63, 3.8) is 0 Å². The maximum atomic E-state index is 3.71. The minimum absolute atomic E-state index is 0.805. The highest BCUT2D eigenvalue weighted by molar-refractivity contribution is 4.96. The molecule has 0 aromatic heterocycles. The number of hydrogen-bond donors (Lipinski definition) is 1. The molecule has 1 N–H and O–H groups in total. The summed E-state index contributed by atoms with van der Waals surface area (Å²) < 4.78 is 0. The quantitative estimate of drug-likeness (QED) is 0.837. The fourth-order valence-corrected chi connectivity index (χ4v) is 5.02. The third-order valence-electron chi connectivity index (χ3n) is 5.89. The summed E-state index contributed by atoms with van der Waals surface area (Å²) in [4.78, 5) is 2.93. The number of piperidine rings is 2. The third-order valence-corrected chi connectivity index (χ3v) is 5.89. The van der Waals surface area contributed by atoms with E-state index in [1.807, 2.05) is 0 Å². The van der Waals surface area contributed by atoms with Crippen LogP contribution in [0.1, 0.15) is 65.2 Å². The normalized spacial score (nSPS) is 43.6. The predicted molar refractivity (Wildman–Crippen MR) is 81.3 cm³/mol. The SMILES string of the molecule is CCNC1CC2CCCC(C1)N2CC1CCC(C)C1. The molecule has 2 saturated heterocycles. The Kier molecular flexibility index (Phi) is 4.48. The molecule has 19 heavy (non-hydrogen) atoms. The molecule has 0 spiro atoms. The van der Waals surface area contributed by atoms with Crippen LogP contribution in [0, 0.1) is 11.8 Å². The van der Waals surface area contributed by atoms with Gasteiger partial charge in [0.15, 0.2) is 0 Å². The van der Waals surface area contributed by atoms with Crippen LogP contribution >= 0.6 is 0 Å². The standard InChI is InChI=1S/C17H32N2/c1-3-18-15-10-16-5-4-6-17(11-15)19(16)12-14-8-7-13(2)9-14/h13-18H,3-12H2,1-2H3. The van der Waals surface area contributed by atoms with Crippen molar-refractivity contribution in [2.75, 3.05) is 13.1 Å². The van der Waals surface area contributed by atoms with E-state index in [2.05, 4.69) is 24.1 Å². The highest BCUT2D eigenvalue weighted by Crippen LogP contribution is 2.38. The third kappa shape index (κ3) is 3.16. The maximum Gasteiger partial charge on any atom is 0.0113 e. The summed E-state index contributed by atoms with van der Waals surface area (Å²) in [5, 5.41) is 3.71. The molecule has 1 saturated carbocycles. The molecule has 2 heterocycles. The van der Waals surface area contributed by atoms with Gasteiger partial charge in [0.25, 0.3) is 0 Å². The summed E-state index contributed by atoms with van der Waals surface area (Å²) in [6, 6.07) is 2.60. The van der Waals surface area contributed by atoms with Gasteiger partial charge in [-0.2, -0.15) is 0 Å². The van der Waals surface area contributed by atoms with Crippen molar-refractivity contribution >= 4 is 0 Å². The van der Waals surface area contributed by atoms with E-state index >= 15 is 0 Å². The first-order valence-corrected chi connectivity index (χ1v) is 8.75. The van der Waals surface area contributed by atoms with E-state index in [9.17, 15) is 0 Å². The van der Waals surface area contributed by atoms with Gasteiger partial charge >= 0.3 is 0 Å². The van der Waals surface area contributed by atoms with Crippen molar-refractivity contribution in [3.8, 4) is 0 Å². The molecule has 4 unspecified atom stereocenters. The Labute approximate surface area is 119 Å². The molecule has 3 aliphatic rings. The van der Waals surface area contributed by atoms with Crippen LogP contribution in [0.5, 0.6) is 0 Å². The average Bonchev–Trinajstić information content (AvgIpc) is 2.76. The summed E-state index contributed by atoms with van der Waals surface area (Å²) in [6.07, 6.45) is 11.7. The summed E-state index contributed by atoms with van der Waals surface area (Å²) in [5.41, 5.74) is 0. The zero-order chi connectivity index (χ0) is 13.2. The van der Waals surface area contributed by atoms with Gasteiger partial charge in [-0.1, -0.05) is 26.7 Å². The second-order valence-electron chi connectivity index (χ2n) is 7.45. The number of hydrogen-bond acceptors (Lipinski definition) is 2. The van der Waals surface area contributed by atoms with Crippen LogP contribution in [0.2, 0.25) is 0 Å². The Morgan fingerprint density at radius 2 is 1.74 bits per heavy atom. The van der Waals surface area contributed by atoms with Gasteiger partial charge in [0, 0.05) is 24.7 Å². The Morgan fingerprint density at radius 1 is 1.00 bits per heavy atom. The van der Waals surface area contributed by atoms with Crippen LogP contribution in [0.15, 0.2) is 0 Å². The second kappa shape index (κ2) is 6.13. The van der Waals surface area contributed by atoms with Gasteiger partial charge in [0.1, 0.15) is 0 Å². The molecule has 0 radical (unpaired) electrons. The lowest BCUT2D eigenvalue weighted by molar-refractivity contribution is 0.0128. The highest BCUT2D eigenvalue weighted by Gasteiger charge is 2.39. The van der Waals surface area contributed by atoms with Crippen LogP contribution in [0.25, 0.3) is 0 Å². The molecule has 3 rings (SSSR count). The van der Waals surface area contributed by atoms with Crippen molar-refractivity contribution in [3.05, 3.63) is 0 Å². The van der Waals surface area contributed by atoms with E-state index in [1.54, 1.807) is 0 Å². The van der Waals surface area contributed by atoms with Gasteiger partial charge in [-0.25, -0.2) is 0 Å². The molecule has 2 heteroatoms. The largest absolute Gasteiger partial charge is 0.314 e. The summed E-state index contributed by atoms with van der Waals surface area (Å²) in [5.74, 6) is 2.00. The molecule has 1 aliphatic carbocycles. The molecule has 2 bridgehead atoms. The molecule has 0 amide bonds. The monoisotopic (exact) mass is 264 g/mol. The van der Waals surface area contributed by atoms with Crippen molar-refractivity contribution < 1.29 is 0 Å². The average molecular weight is 264 g/mol. The predicted octanol–water partition coefficient (Wildman–Crippen LogP) is 3.42. The van der Waals surface area contributed by atoms with E-state index in [4.69, 9.17) is 0 Å².